The minimum atomic E-state index is -1.16. The number of ether oxygens (including phenoxy) is 6. The molecule has 11 heteroatoms. The summed E-state index contributed by atoms with van der Waals surface area (Å²) in [6, 6.07) is 24.4. The third kappa shape index (κ3) is 6.68. The van der Waals surface area contributed by atoms with E-state index in [9.17, 15) is 14.7 Å². The molecule has 2 heterocycles. The summed E-state index contributed by atoms with van der Waals surface area (Å²) in [5.41, 5.74) is 1.34. The maximum absolute atomic E-state index is 12.9. The van der Waals surface area contributed by atoms with Crippen LogP contribution in [0.3, 0.4) is 0 Å². The average molecular weight is 621 g/mol. The molecule has 2 aliphatic rings. The Morgan fingerprint density at radius 1 is 0.867 bits per heavy atom. The van der Waals surface area contributed by atoms with Crippen molar-refractivity contribution >= 4 is 11.9 Å². The lowest BCUT2D eigenvalue weighted by Gasteiger charge is -2.37. The number of aliphatic hydroxyl groups excluding tert-OH is 1. The predicted molar refractivity (Wildman–Crippen MR) is 164 cm³/mol. The highest BCUT2D eigenvalue weighted by atomic mass is 16.6. The number of benzene rings is 3. The van der Waals surface area contributed by atoms with Gasteiger partial charge in [0.2, 0.25) is 5.91 Å². The molecule has 2 saturated heterocycles. The topological polar surface area (TPSA) is 125 Å². The largest absolute Gasteiger partial charge is 0.497 e. The standard InChI is InChI=1S/C34H40N2O9/c1-22-20-36(33(39)35-31(22)38)32-30(43-19-18-40-2)29(37)28(45-32)21-44-34(23-8-6-5-7-9-23,24-10-14-26(41-3)15-11-24)25-12-16-27(42-4)17-13-25/h5-17,22,28-30,32,37H,18-21H2,1-4H3,(H,35,38,39). The molecule has 2 fully saturated rings. The number of hydrogen-bond acceptors (Lipinski definition) is 9. The zero-order valence-corrected chi connectivity index (χ0v) is 25.9. The van der Waals surface area contributed by atoms with E-state index in [1.54, 1.807) is 28.3 Å². The summed E-state index contributed by atoms with van der Waals surface area (Å²) in [4.78, 5) is 26.4. The molecule has 2 aliphatic heterocycles. The Labute approximate surface area is 262 Å². The fourth-order valence-corrected chi connectivity index (χ4v) is 5.82. The summed E-state index contributed by atoms with van der Waals surface area (Å²) in [6.45, 7) is 2.22. The first-order valence-corrected chi connectivity index (χ1v) is 14.9. The number of urea groups is 1. The first kappa shape index (κ1) is 32.4. The van der Waals surface area contributed by atoms with Crippen LogP contribution in [-0.2, 0) is 29.3 Å². The summed E-state index contributed by atoms with van der Waals surface area (Å²) in [6.07, 6.45) is -3.92. The van der Waals surface area contributed by atoms with Crippen molar-refractivity contribution < 1.29 is 43.1 Å². The number of nitrogens with zero attached hydrogens (tertiary/aromatic N) is 1. The van der Waals surface area contributed by atoms with Crippen molar-refractivity contribution in [2.75, 3.05) is 47.7 Å². The van der Waals surface area contributed by atoms with Gasteiger partial charge in [-0.05, 0) is 41.0 Å². The van der Waals surface area contributed by atoms with Crippen molar-refractivity contribution in [3.05, 3.63) is 95.6 Å². The van der Waals surface area contributed by atoms with Gasteiger partial charge in [0.1, 0.15) is 35.4 Å². The van der Waals surface area contributed by atoms with Crippen molar-refractivity contribution in [3.8, 4) is 11.5 Å². The summed E-state index contributed by atoms with van der Waals surface area (Å²) < 4.78 is 35.3. The summed E-state index contributed by atoms with van der Waals surface area (Å²) in [5.74, 6) is 0.556. The molecule has 0 aromatic heterocycles. The molecular formula is C34H40N2O9. The molecule has 0 radical (unpaired) electrons. The number of rotatable bonds is 13. The van der Waals surface area contributed by atoms with E-state index in [-0.39, 0.29) is 32.3 Å². The van der Waals surface area contributed by atoms with E-state index in [4.69, 9.17) is 28.4 Å². The van der Waals surface area contributed by atoms with E-state index < -0.39 is 42.1 Å². The Balaban J connectivity index is 1.52. The lowest BCUT2D eigenvalue weighted by Crippen LogP contribution is -2.59. The lowest BCUT2D eigenvalue weighted by atomic mass is 9.80. The second kappa shape index (κ2) is 14.4. The summed E-state index contributed by atoms with van der Waals surface area (Å²) in [5, 5.41) is 13.9. The van der Waals surface area contributed by atoms with Crippen LogP contribution in [0.5, 0.6) is 11.5 Å². The van der Waals surface area contributed by atoms with E-state index in [1.165, 1.54) is 4.90 Å². The van der Waals surface area contributed by atoms with Crippen LogP contribution >= 0.6 is 0 Å². The molecule has 5 rings (SSSR count). The second-order valence-corrected chi connectivity index (χ2v) is 11.0. The Morgan fingerprint density at radius 2 is 1.44 bits per heavy atom. The van der Waals surface area contributed by atoms with Crippen LogP contribution in [0.2, 0.25) is 0 Å². The monoisotopic (exact) mass is 620 g/mol. The van der Waals surface area contributed by atoms with Gasteiger partial charge in [-0.2, -0.15) is 0 Å². The summed E-state index contributed by atoms with van der Waals surface area (Å²) >= 11 is 0. The number of amides is 3. The number of methoxy groups -OCH3 is 3. The molecule has 240 valence electrons. The summed E-state index contributed by atoms with van der Waals surface area (Å²) in [7, 11) is 4.77. The maximum Gasteiger partial charge on any atom is 0.326 e. The van der Waals surface area contributed by atoms with Gasteiger partial charge in [0.25, 0.3) is 0 Å². The van der Waals surface area contributed by atoms with E-state index in [2.05, 4.69) is 5.32 Å². The lowest BCUT2D eigenvalue weighted by molar-refractivity contribution is -0.135. The van der Waals surface area contributed by atoms with Gasteiger partial charge >= 0.3 is 6.03 Å². The SMILES string of the molecule is COCCOC1C(O)C(COC(c2ccccc2)(c2ccc(OC)cc2)c2ccc(OC)cc2)OC1N1CC(C)C(=O)NC1=O. The molecule has 0 saturated carbocycles. The molecule has 3 amide bonds. The number of imide groups is 1. The highest BCUT2D eigenvalue weighted by Gasteiger charge is 2.51. The Kier molecular flexibility index (Phi) is 10.4. The van der Waals surface area contributed by atoms with Crippen molar-refractivity contribution in [2.24, 2.45) is 5.92 Å². The highest BCUT2D eigenvalue weighted by molar-refractivity contribution is 5.97. The third-order valence-corrected chi connectivity index (χ3v) is 8.26. The van der Waals surface area contributed by atoms with Crippen LogP contribution < -0.4 is 14.8 Å². The molecule has 11 nitrogen and oxygen atoms in total. The van der Waals surface area contributed by atoms with Gasteiger partial charge in [-0.25, -0.2) is 4.79 Å². The Morgan fingerprint density at radius 3 is 2.00 bits per heavy atom. The molecule has 5 unspecified atom stereocenters. The highest BCUT2D eigenvalue weighted by Crippen LogP contribution is 2.42. The van der Waals surface area contributed by atoms with Gasteiger partial charge in [0.05, 0.1) is 40.0 Å². The van der Waals surface area contributed by atoms with Gasteiger partial charge < -0.3 is 33.5 Å². The number of nitrogens with one attached hydrogen (secondary N) is 1. The van der Waals surface area contributed by atoms with Crippen molar-refractivity contribution in [1.82, 2.24) is 10.2 Å². The average Bonchev–Trinajstić information content (AvgIpc) is 3.38. The van der Waals surface area contributed by atoms with Crippen molar-refractivity contribution in [3.63, 3.8) is 0 Å². The van der Waals surface area contributed by atoms with E-state index in [1.807, 2.05) is 78.9 Å². The molecule has 3 aromatic rings. The van der Waals surface area contributed by atoms with Crippen LogP contribution in [-0.4, -0.2) is 94.2 Å². The van der Waals surface area contributed by atoms with E-state index in [0.29, 0.717) is 11.5 Å². The minimum Gasteiger partial charge on any atom is -0.497 e. The molecule has 2 N–H and O–H groups in total. The van der Waals surface area contributed by atoms with Crippen LogP contribution in [0.4, 0.5) is 4.79 Å². The first-order valence-electron chi connectivity index (χ1n) is 14.9. The van der Waals surface area contributed by atoms with Gasteiger partial charge in [-0.3, -0.25) is 15.0 Å². The molecule has 5 atom stereocenters. The van der Waals surface area contributed by atoms with Crippen molar-refractivity contribution in [2.45, 2.75) is 37.1 Å². The van der Waals surface area contributed by atoms with E-state index >= 15 is 0 Å². The van der Waals surface area contributed by atoms with Gasteiger partial charge in [-0.1, -0.05) is 61.5 Å². The predicted octanol–water partition coefficient (Wildman–Crippen LogP) is 3.32. The first-order chi connectivity index (χ1) is 21.8. The number of hydrogen-bond donors (Lipinski definition) is 2. The fourth-order valence-electron chi connectivity index (χ4n) is 5.82. The van der Waals surface area contributed by atoms with Gasteiger partial charge in [0, 0.05) is 13.7 Å². The zero-order valence-electron chi connectivity index (χ0n) is 25.9. The van der Waals surface area contributed by atoms with Crippen LogP contribution in [0, 0.1) is 5.92 Å². The Bertz CT molecular complexity index is 1370. The molecular weight excluding hydrogens is 580 g/mol. The van der Waals surface area contributed by atoms with Crippen LogP contribution in [0.25, 0.3) is 0 Å². The minimum absolute atomic E-state index is 0.0707. The molecule has 3 aromatic carbocycles. The normalized spacial score (nSPS) is 23.6. The number of aliphatic hydroxyl groups is 1. The third-order valence-electron chi connectivity index (χ3n) is 8.26. The van der Waals surface area contributed by atoms with Crippen molar-refractivity contribution in [1.29, 1.82) is 0 Å². The Hall–Kier alpha value is -4.00. The molecule has 0 spiro atoms. The fraction of sp³-hybridized carbons (Fsp3) is 0.412. The van der Waals surface area contributed by atoms with Gasteiger partial charge in [-0.15, -0.1) is 0 Å². The number of carbonyl (C=O) groups excluding carboxylic acids is 2. The zero-order chi connectivity index (χ0) is 32.0. The van der Waals surface area contributed by atoms with Crippen LogP contribution in [0.1, 0.15) is 23.6 Å². The molecule has 0 aliphatic carbocycles. The quantitative estimate of drug-likeness (QED) is 0.219. The maximum atomic E-state index is 12.9. The molecule has 45 heavy (non-hydrogen) atoms. The van der Waals surface area contributed by atoms with Gasteiger partial charge in [0.15, 0.2) is 6.23 Å². The number of carbonyl (C=O) groups is 2. The molecule has 0 bridgehead atoms. The smallest absolute Gasteiger partial charge is 0.326 e. The second-order valence-electron chi connectivity index (χ2n) is 11.0. The van der Waals surface area contributed by atoms with Crippen LogP contribution in [0.15, 0.2) is 78.9 Å². The van der Waals surface area contributed by atoms with E-state index in [0.717, 1.165) is 16.7 Å².